The van der Waals surface area contributed by atoms with E-state index in [1.165, 1.54) is 0 Å². The largest absolute Gasteiger partial charge is 0.382 e. The number of hydrogen-bond acceptors (Lipinski definition) is 3. The highest BCUT2D eigenvalue weighted by Gasteiger charge is 2.05. The third-order valence-electron chi connectivity index (χ3n) is 1.44. The molecule has 0 spiro atoms. The van der Waals surface area contributed by atoms with Gasteiger partial charge in [-0.2, -0.15) is 12.6 Å². The summed E-state index contributed by atoms with van der Waals surface area (Å²) in [6.07, 6.45) is 2.40. The van der Waals surface area contributed by atoms with Gasteiger partial charge in [-0.25, -0.2) is 0 Å². The minimum atomic E-state index is 0.261. The first kappa shape index (κ1) is 11.3. The van der Waals surface area contributed by atoms with Gasteiger partial charge in [0.1, 0.15) is 0 Å². The van der Waals surface area contributed by atoms with Crippen molar-refractivity contribution in [2.75, 3.05) is 26.1 Å². The molecule has 0 N–H and O–H groups in total. The van der Waals surface area contributed by atoms with Crippen LogP contribution in [0.2, 0.25) is 0 Å². The lowest BCUT2D eigenvalue weighted by Gasteiger charge is -2.14. The average molecular weight is 178 g/mol. The fraction of sp³-hybridized carbons (Fsp3) is 1.00. The fourth-order valence-corrected chi connectivity index (χ4v) is 1.14. The molecule has 0 saturated heterocycles. The van der Waals surface area contributed by atoms with Gasteiger partial charge in [0, 0.05) is 13.7 Å². The summed E-state index contributed by atoms with van der Waals surface area (Å²) in [6, 6.07) is 0. The zero-order valence-corrected chi connectivity index (χ0v) is 8.27. The summed E-state index contributed by atoms with van der Waals surface area (Å²) >= 11 is 4.14. The first-order chi connectivity index (χ1) is 5.35. The molecule has 0 aliphatic rings. The third-order valence-corrected chi connectivity index (χ3v) is 1.76. The van der Waals surface area contributed by atoms with Gasteiger partial charge in [0.05, 0.1) is 12.7 Å². The van der Waals surface area contributed by atoms with Crippen LogP contribution in [0.25, 0.3) is 0 Å². The number of rotatable bonds is 7. The monoisotopic (exact) mass is 178 g/mol. The van der Waals surface area contributed by atoms with Crippen molar-refractivity contribution in [3.05, 3.63) is 0 Å². The predicted molar refractivity (Wildman–Crippen MR) is 50.4 cm³/mol. The number of thiol groups is 1. The maximum atomic E-state index is 5.43. The molecular weight excluding hydrogens is 160 g/mol. The van der Waals surface area contributed by atoms with Gasteiger partial charge in [0.15, 0.2) is 0 Å². The van der Waals surface area contributed by atoms with E-state index < -0.39 is 0 Å². The normalized spacial score (nSPS) is 13.4. The molecule has 11 heavy (non-hydrogen) atoms. The van der Waals surface area contributed by atoms with Crippen LogP contribution in [0.4, 0.5) is 0 Å². The molecule has 0 aliphatic carbocycles. The van der Waals surface area contributed by atoms with Crippen LogP contribution in [0.1, 0.15) is 19.8 Å². The third kappa shape index (κ3) is 6.66. The van der Waals surface area contributed by atoms with E-state index in [0.717, 1.165) is 25.2 Å². The van der Waals surface area contributed by atoms with Crippen molar-refractivity contribution in [3.63, 3.8) is 0 Å². The van der Waals surface area contributed by atoms with Gasteiger partial charge in [-0.1, -0.05) is 0 Å². The van der Waals surface area contributed by atoms with Crippen LogP contribution in [0.15, 0.2) is 0 Å². The summed E-state index contributed by atoms with van der Waals surface area (Å²) in [6.45, 7) is 3.46. The van der Waals surface area contributed by atoms with Gasteiger partial charge in [-0.3, -0.25) is 0 Å². The van der Waals surface area contributed by atoms with Crippen LogP contribution in [0, 0.1) is 0 Å². The minimum absolute atomic E-state index is 0.261. The maximum Gasteiger partial charge on any atom is 0.0808 e. The van der Waals surface area contributed by atoms with Crippen molar-refractivity contribution in [1.29, 1.82) is 0 Å². The van der Waals surface area contributed by atoms with Crippen molar-refractivity contribution in [2.45, 2.75) is 25.9 Å². The summed E-state index contributed by atoms with van der Waals surface area (Å²) in [5, 5.41) is 0. The molecular formula is C8H18O2S. The average Bonchev–Trinajstić information content (AvgIpc) is 2.01. The Morgan fingerprint density at radius 1 is 1.45 bits per heavy atom. The van der Waals surface area contributed by atoms with Crippen molar-refractivity contribution in [3.8, 4) is 0 Å². The van der Waals surface area contributed by atoms with Crippen LogP contribution in [-0.4, -0.2) is 32.2 Å². The van der Waals surface area contributed by atoms with E-state index in [1.807, 2.05) is 6.92 Å². The first-order valence-electron chi connectivity index (χ1n) is 4.06. The summed E-state index contributed by atoms with van der Waals surface area (Å²) in [5.74, 6) is 0.924. The molecule has 0 aliphatic heterocycles. The molecule has 0 radical (unpaired) electrons. The molecule has 0 aromatic carbocycles. The molecule has 0 amide bonds. The number of ether oxygens (including phenoxy) is 2. The molecule has 3 heteroatoms. The van der Waals surface area contributed by atoms with Crippen molar-refractivity contribution in [1.82, 2.24) is 0 Å². The summed E-state index contributed by atoms with van der Waals surface area (Å²) in [4.78, 5) is 0. The molecule has 0 aromatic heterocycles. The van der Waals surface area contributed by atoms with E-state index in [4.69, 9.17) is 9.47 Å². The van der Waals surface area contributed by atoms with Gasteiger partial charge in [0.25, 0.3) is 0 Å². The Balaban J connectivity index is 3.34. The van der Waals surface area contributed by atoms with E-state index in [0.29, 0.717) is 6.61 Å². The highest BCUT2D eigenvalue weighted by atomic mass is 32.1. The second kappa shape index (κ2) is 8.37. The van der Waals surface area contributed by atoms with Gasteiger partial charge in [-0.05, 0) is 25.5 Å². The lowest BCUT2D eigenvalue weighted by Crippen LogP contribution is -2.19. The molecule has 0 heterocycles. The molecule has 68 valence electrons. The van der Waals surface area contributed by atoms with Crippen molar-refractivity contribution < 1.29 is 9.47 Å². The smallest absolute Gasteiger partial charge is 0.0808 e. The van der Waals surface area contributed by atoms with E-state index >= 15 is 0 Å². The van der Waals surface area contributed by atoms with Gasteiger partial charge in [-0.15, -0.1) is 0 Å². The predicted octanol–water partition coefficient (Wildman–Crippen LogP) is 1.75. The van der Waals surface area contributed by atoms with E-state index in [2.05, 4.69) is 12.6 Å². The molecule has 0 rings (SSSR count). The zero-order valence-electron chi connectivity index (χ0n) is 7.38. The van der Waals surface area contributed by atoms with Crippen LogP contribution in [0.5, 0.6) is 0 Å². The number of hydrogen-bond donors (Lipinski definition) is 1. The fourth-order valence-electron chi connectivity index (χ4n) is 0.955. The number of methoxy groups -OCH3 is 1. The topological polar surface area (TPSA) is 18.5 Å². The van der Waals surface area contributed by atoms with Crippen molar-refractivity contribution in [2.24, 2.45) is 0 Å². The quantitative estimate of drug-likeness (QED) is 0.599. The Morgan fingerprint density at radius 3 is 2.64 bits per heavy atom. The Hall–Kier alpha value is 0.270. The summed E-state index contributed by atoms with van der Waals surface area (Å²) < 4.78 is 10.4. The van der Waals surface area contributed by atoms with Crippen LogP contribution in [0.3, 0.4) is 0 Å². The van der Waals surface area contributed by atoms with Crippen LogP contribution < -0.4 is 0 Å². The van der Waals surface area contributed by atoms with Crippen molar-refractivity contribution >= 4 is 12.6 Å². The lowest BCUT2D eigenvalue weighted by atomic mass is 10.2. The van der Waals surface area contributed by atoms with E-state index in [9.17, 15) is 0 Å². The maximum absolute atomic E-state index is 5.43. The SMILES string of the molecule is CCOC(CCCS)COC. The minimum Gasteiger partial charge on any atom is -0.382 e. The highest BCUT2D eigenvalue weighted by Crippen LogP contribution is 2.03. The molecule has 2 nitrogen and oxygen atoms in total. The van der Waals surface area contributed by atoms with E-state index in [-0.39, 0.29) is 6.10 Å². The second-order valence-corrected chi connectivity index (χ2v) is 2.85. The Bertz CT molecular complexity index is 72.5. The Labute approximate surface area is 74.7 Å². The van der Waals surface area contributed by atoms with E-state index in [1.54, 1.807) is 7.11 Å². The van der Waals surface area contributed by atoms with Gasteiger partial charge in [0.2, 0.25) is 0 Å². The van der Waals surface area contributed by atoms with Crippen LogP contribution in [-0.2, 0) is 9.47 Å². The van der Waals surface area contributed by atoms with Gasteiger partial charge >= 0.3 is 0 Å². The first-order valence-corrected chi connectivity index (χ1v) is 4.69. The summed E-state index contributed by atoms with van der Waals surface area (Å²) in [5.41, 5.74) is 0. The molecule has 1 unspecified atom stereocenters. The second-order valence-electron chi connectivity index (χ2n) is 2.40. The zero-order chi connectivity index (χ0) is 8.53. The highest BCUT2D eigenvalue weighted by molar-refractivity contribution is 7.80. The van der Waals surface area contributed by atoms with Gasteiger partial charge < -0.3 is 9.47 Å². The standard InChI is InChI=1S/C8H18O2S/c1-3-10-8(7-9-2)5-4-6-11/h8,11H,3-7H2,1-2H3. The summed E-state index contributed by atoms with van der Waals surface area (Å²) in [7, 11) is 1.70. The lowest BCUT2D eigenvalue weighted by molar-refractivity contribution is -0.000456. The molecule has 0 saturated carbocycles. The molecule has 0 fully saturated rings. The Morgan fingerprint density at radius 2 is 2.18 bits per heavy atom. The Kier molecular flexibility index (Phi) is 8.57. The molecule has 0 aromatic rings. The molecule has 1 atom stereocenters. The van der Waals surface area contributed by atoms with Crippen LogP contribution >= 0.6 is 12.6 Å². The molecule has 0 bridgehead atoms.